The van der Waals surface area contributed by atoms with Crippen molar-refractivity contribution in [3.8, 4) is 0 Å². The summed E-state index contributed by atoms with van der Waals surface area (Å²) in [4.78, 5) is 39.0. The summed E-state index contributed by atoms with van der Waals surface area (Å²) in [7, 11) is 1.63. The van der Waals surface area contributed by atoms with Crippen LogP contribution < -0.4 is 0 Å². The summed E-state index contributed by atoms with van der Waals surface area (Å²) in [6.07, 6.45) is 6.60. The molecule has 5 heteroatoms. The van der Waals surface area contributed by atoms with Gasteiger partial charge in [0.15, 0.2) is 0 Å². The highest BCUT2D eigenvalue weighted by atomic mass is 16.5. The number of nitrogens with zero attached hydrogens (tertiary/aromatic N) is 1. The second-order valence-corrected chi connectivity index (χ2v) is 7.38. The lowest BCUT2D eigenvalue weighted by Crippen LogP contribution is -2.51. The maximum Gasteiger partial charge on any atom is 0.234 e. The zero-order valence-corrected chi connectivity index (χ0v) is 13.9. The van der Waals surface area contributed by atoms with E-state index in [9.17, 15) is 14.4 Å². The molecule has 0 spiro atoms. The van der Waals surface area contributed by atoms with Gasteiger partial charge < -0.3 is 9.64 Å². The molecule has 0 aromatic rings. The summed E-state index contributed by atoms with van der Waals surface area (Å²) in [5, 5.41) is 0. The molecular weight excluding hydrogens is 294 g/mol. The molecule has 2 aliphatic carbocycles. The van der Waals surface area contributed by atoms with Crippen LogP contribution in [-0.2, 0) is 19.1 Å². The third-order valence-electron chi connectivity index (χ3n) is 5.96. The highest BCUT2D eigenvalue weighted by Gasteiger charge is 2.54. The van der Waals surface area contributed by atoms with Crippen LogP contribution in [0.1, 0.15) is 39.0 Å². The number of amides is 1. The molecule has 0 bridgehead atoms. The highest BCUT2D eigenvalue weighted by Crippen LogP contribution is 2.53. The number of likely N-dealkylation sites (tertiary alicyclic amines) is 1. The standard InChI is InChI=1S/C18H25NO4/c1-18-7-5-12(10-20)16(18)15(14(21)6-8-18)17(22)19-9-3-4-13(19)11-23-2/h5,10,13,15-16H,3-4,6-9,11H2,1-2H3/t13-,15-,16+,18-/m0/s1. The number of allylic oxidation sites excluding steroid dienone is 2. The summed E-state index contributed by atoms with van der Waals surface area (Å²) in [5.41, 5.74) is 0.502. The molecule has 126 valence electrons. The van der Waals surface area contributed by atoms with Gasteiger partial charge in [0.2, 0.25) is 5.91 Å². The van der Waals surface area contributed by atoms with Crippen LogP contribution in [0.3, 0.4) is 0 Å². The number of ether oxygens (including phenoxy) is 1. The lowest BCUT2D eigenvalue weighted by Gasteiger charge is -2.42. The number of carbonyl (C=O) groups is 3. The van der Waals surface area contributed by atoms with E-state index in [4.69, 9.17) is 4.74 Å². The molecule has 4 atom stereocenters. The van der Waals surface area contributed by atoms with E-state index < -0.39 is 5.92 Å². The Morgan fingerprint density at radius 3 is 3.00 bits per heavy atom. The second kappa shape index (κ2) is 6.19. The van der Waals surface area contributed by atoms with Crippen molar-refractivity contribution in [3.05, 3.63) is 11.6 Å². The van der Waals surface area contributed by atoms with E-state index in [0.717, 1.165) is 32.0 Å². The van der Waals surface area contributed by atoms with Crippen molar-refractivity contribution in [2.75, 3.05) is 20.3 Å². The predicted molar refractivity (Wildman–Crippen MR) is 84.7 cm³/mol. The Morgan fingerprint density at radius 1 is 1.52 bits per heavy atom. The predicted octanol–water partition coefficient (Wildman–Crippen LogP) is 1.75. The molecule has 1 aliphatic heterocycles. The average molecular weight is 319 g/mol. The minimum absolute atomic E-state index is 0.00445. The Balaban J connectivity index is 1.89. The number of carbonyl (C=O) groups excluding carboxylic acids is 3. The second-order valence-electron chi connectivity index (χ2n) is 7.38. The molecule has 5 nitrogen and oxygen atoms in total. The molecular formula is C18H25NO4. The Morgan fingerprint density at radius 2 is 2.30 bits per heavy atom. The van der Waals surface area contributed by atoms with Crippen LogP contribution in [0.5, 0.6) is 0 Å². The molecule has 0 aromatic heterocycles. The lowest BCUT2D eigenvalue weighted by molar-refractivity contribution is -0.149. The summed E-state index contributed by atoms with van der Waals surface area (Å²) in [6.45, 7) is 3.29. The number of ketones is 1. The highest BCUT2D eigenvalue weighted by molar-refractivity contribution is 6.04. The van der Waals surface area contributed by atoms with Crippen molar-refractivity contribution < 1.29 is 19.1 Å². The largest absolute Gasteiger partial charge is 0.383 e. The first-order valence-corrected chi connectivity index (χ1v) is 8.49. The fourth-order valence-corrected chi connectivity index (χ4v) is 4.68. The zero-order chi connectivity index (χ0) is 16.6. The Hall–Kier alpha value is -1.49. The summed E-state index contributed by atoms with van der Waals surface area (Å²) >= 11 is 0. The summed E-state index contributed by atoms with van der Waals surface area (Å²) < 4.78 is 5.22. The van der Waals surface area contributed by atoms with E-state index >= 15 is 0 Å². The minimum atomic E-state index is -0.690. The minimum Gasteiger partial charge on any atom is -0.383 e. The first-order valence-electron chi connectivity index (χ1n) is 8.49. The molecule has 3 aliphatic rings. The first kappa shape index (κ1) is 16.4. The molecule has 1 saturated carbocycles. The molecule has 0 aromatic carbocycles. The maximum absolute atomic E-state index is 13.1. The van der Waals surface area contributed by atoms with E-state index in [-0.39, 0.29) is 29.1 Å². The number of fused-ring (bicyclic) bond motifs is 1. The molecule has 1 amide bonds. The number of aldehydes is 1. The van der Waals surface area contributed by atoms with Crippen molar-refractivity contribution in [2.24, 2.45) is 17.3 Å². The van der Waals surface area contributed by atoms with E-state index in [1.165, 1.54) is 0 Å². The maximum atomic E-state index is 13.1. The third kappa shape index (κ3) is 2.65. The number of hydrogen-bond acceptors (Lipinski definition) is 4. The zero-order valence-electron chi connectivity index (χ0n) is 13.9. The van der Waals surface area contributed by atoms with Gasteiger partial charge in [0.05, 0.1) is 12.6 Å². The number of hydrogen-bond donors (Lipinski definition) is 0. The van der Waals surface area contributed by atoms with Gasteiger partial charge in [-0.1, -0.05) is 13.0 Å². The quantitative estimate of drug-likeness (QED) is 0.585. The van der Waals surface area contributed by atoms with Gasteiger partial charge in [-0.25, -0.2) is 0 Å². The Labute approximate surface area is 137 Å². The van der Waals surface area contributed by atoms with Crippen LogP contribution in [0, 0.1) is 17.3 Å². The van der Waals surface area contributed by atoms with Gasteiger partial charge in [-0.15, -0.1) is 0 Å². The summed E-state index contributed by atoms with van der Waals surface area (Å²) in [6, 6.07) is 0.0542. The normalized spacial score (nSPS) is 36.8. The molecule has 3 rings (SSSR count). The van der Waals surface area contributed by atoms with E-state index in [2.05, 4.69) is 6.92 Å². The van der Waals surface area contributed by atoms with Crippen LogP contribution in [-0.4, -0.2) is 49.2 Å². The molecule has 0 unspecified atom stereocenters. The molecule has 0 radical (unpaired) electrons. The third-order valence-corrected chi connectivity index (χ3v) is 5.96. The lowest BCUT2D eigenvalue weighted by atomic mass is 9.61. The van der Waals surface area contributed by atoms with E-state index in [1.54, 1.807) is 7.11 Å². The molecule has 0 N–H and O–H groups in total. The fourth-order valence-electron chi connectivity index (χ4n) is 4.68. The van der Waals surface area contributed by atoms with Crippen molar-refractivity contribution in [1.82, 2.24) is 4.90 Å². The number of methoxy groups -OCH3 is 1. The van der Waals surface area contributed by atoms with Crippen molar-refractivity contribution in [1.29, 1.82) is 0 Å². The Bertz CT molecular complexity index is 555. The molecule has 1 heterocycles. The van der Waals surface area contributed by atoms with Gasteiger partial charge in [0.1, 0.15) is 18.0 Å². The van der Waals surface area contributed by atoms with Gasteiger partial charge in [-0.2, -0.15) is 0 Å². The van der Waals surface area contributed by atoms with Crippen LogP contribution in [0.4, 0.5) is 0 Å². The van der Waals surface area contributed by atoms with Crippen LogP contribution >= 0.6 is 0 Å². The number of Topliss-reactive ketones (excluding diaryl/α,β-unsaturated/α-hetero) is 1. The number of rotatable bonds is 4. The SMILES string of the molecule is COC[C@@H]1CCCN1C(=O)[C@H]1C(=O)CC[C@]2(C)CC=C(C=O)[C@H]12. The van der Waals surface area contributed by atoms with Crippen molar-refractivity contribution in [2.45, 2.75) is 45.1 Å². The monoisotopic (exact) mass is 319 g/mol. The smallest absolute Gasteiger partial charge is 0.234 e. The van der Waals surface area contributed by atoms with Crippen LogP contribution in [0.25, 0.3) is 0 Å². The van der Waals surface area contributed by atoms with Gasteiger partial charge in [-0.05, 0) is 36.7 Å². The van der Waals surface area contributed by atoms with E-state index in [1.807, 2.05) is 11.0 Å². The Kier molecular flexibility index (Phi) is 4.41. The van der Waals surface area contributed by atoms with Crippen LogP contribution in [0.2, 0.25) is 0 Å². The first-order chi connectivity index (χ1) is 11.0. The van der Waals surface area contributed by atoms with Gasteiger partial charge in [0.25, 0.3) is 0 Å². The van der Waals surface area contributed by atoms with E-state index in [0.29, 0.717) is 25.1 Å². The van der Waals surface area contributed by atoms with Crippen LogP contribution in [0.15, 0.2) is 11.6 Å². The molecule has 1 saturated heterocycles. The average Bonchev–Trinajstić information content (AvgIpc) is 3.12. The fraction of sp³-hybridized carbons (Fsp3) is 0.722. The topological polar surface area (TPSA) is 63.7 Å². The molecule has 23 heavy (non-hydrogen) atoms. The van der Waals surface area contributed by atoms with Crippen molar-refractivity contribution in [3.63, 3.8) is 0 Å². The summed E-state index contributed by atoms with van der Waals surface area (Å²) in [5.74, 6) is -1.04. The van der Waals surface area contributed by atoms with Gasteiger partial charge in [0, 0.05) is 26.0 Å². The van der Waals surface area contributed by atoms with Crippen molar-refractivity contribution >= 4 is 18.0 Å². The van der Waals surface area contributed by atoms with Gasteiger partial charge in [-0.3, -0.25) is 14.4 Å². The van der Waals surface area contributed by atoms with Gasteiger partial charge >= 0.3 is 0 Å². The molecule has 2 fully saturated rings.